The molecule has 1 atom stereocenters. The maximum Gasteiger partial charge on any atom is 0.323 e. The number of amides is 2. The number of imidazole rings is 1. The fraction of sp³-hybridized carbons (Fsp3) is 0.133. The largest absolute Gasteiger partial charge is 0.388 e. The van der Waals surface area contributed by atoms with Crippen LogP contribution in [0.2, 0.25) is 5.15 Å². The highest BCUT2D eigenvalue weighted by atomic mass is 35.5. The summed E-state index contributed by atoms with van der Waals surface area (Å²) in [6, 6.07) is 1.96. The van der Waals surface area contributed by atoms with Gasteiger partial charge in [-0.15, -0.1) is 0 Å². The van der Waals surface area contributed by atoms with E-state index in [2.05, 4.69) is 20.7 Å². The van der Waals surface area contributed by atoms with E-state index < -0.39 is 23.8 Å². The number of carbonyl (C=O) groups excluding carboxylic acids is 1. The van der Waals surface area contributed by atoms with E-state index in [0.29, 0.717) is 6.07 Å². The summed E-state index contributed by atoms with van der Waals surface area (Å²) in [7, 11) is 0. The Kier molecular flexibility index (Phi) is 4.51. The van der Waals surface area contributed by atoms with Crippen molar-refractivity contribution in [3.8, 4) is 0 Å². The van der Waals surface area contributed by atoms with E-state index in [1.54, 1.807) is 0 Å². The lowest BCUT2D eigenvalue weighted by atomic mass is 10.1. The van der Waals surface area contributed by atoms with Gasteiger partial charge in [0.2, 0.25) is 0 Å². The molecule has 0 saturated heterocycles. The number of halogens is 3. The minimum atomic E-state index is -0.984. The molecule has 3 N–H and O–H groups in total. The number of nitrogens with one attached hydrogen (secondary N) is 2. The van der Waals surface area contributed by atoms with Gasteiger partial charge in [0.1, 0.15) is 16.8 Å². The molecule has 0 fully saturated rings. The van der Waals surface area contributed by atoms with Gasteiger partial charge < -0.3 is 15.7 Å². The second kappa shape index (κ2) is 6.61. The predicted octanol–water partition coefficient (Wildman–Crippen LogP) is 3.36. The number of aliphatic hydroxyl groups is 1. The molecule has 0 spiro atoms. The van der Waals surface area contributed by atoms with Crippen molar-refractivity contribution >= 4 is 34.7 Å². The van der Waals surface area contributed by atoms with Crippen LogP contribution < -0.4 is 10.6 Å². The zero-order valence-corrected chi connectivity index (χ0v) is 13.6. The molecule has 2 aromatic heterocycles. The summed E-state index contributed by atoms with van der Waals surface area (Å²) in [6.45, 7) is 1.49. The highest BCUT2D eigenvalue weighted by Crippen LogP contribution is 2.27. The quantitative estimate of drug-likeness (QED) is 0.662. The highest BCUT2D eigenvalue weighted by Gasteiger charge is 2.18. The van der Waals surface area contributed by atoms with Crippen molar-refractivity contribution < 1.29 is 18.7 Å². The van der Waals surface area contributed by atoms with Crippen molar-refractivity contribution in [2.75, 3.05) is 10.6 Å². The van der Waals surface area contributed by atoms with Crippen molar-refractivity contribution in [2.24, 2.45) is 0 Å². The van der Waals surface area contributed by atoms with Crippen LogP contribution in [0.3, 0.4) is 0 Å². The number of aliphatic hydroxyl groups excluding tert-OH is 1. The maximum absolute atomic E-state index is 13.6. The lowest BCUT2D eigenvalue weighted by Crippen LogP contribution is -2.22. The van der Waals surface area contributed by atoms with Crippen LogP contribution in [0, 0.1) is 11.6 Å². The van der Waals surface area contributed by atoms with E-state index in [4.69, 9.17) is 11.6 Å². The van der Waals surface area contributed by atoms with Crippen LogP contribution in [0.4, 0.5) is 25.0 Å². The SMILES string of the molecule is CC(O)c1c(NC(=O)Nc2ccc(F)cc2F)cnn2cc(Cl)nc12. The van der Waals surface area contributed by atoms with E-state index in [1.807, 2.05) is 0 Å². The molecule has 0 aliphatic rings. The van der Waals surface area contributed by atoms with Gasteiger partial charge in [-0.3, -0.25) is 0 Å². The number of rotatable bonds is 3. The summed E-state index contributed by atoms with van der Waals surface area (Å²) in [5.41, 5.74) is 0.530. The molecule has 7 nitrogen and oxygen atoms in total. The summed E-state index contributed by atoms with van der Waals surface area (Å²) in [6.07, 6.45) is 1.76. The van der Waals surface area contributed by atoms with Crippen LogP contribution in [-0.2, 0) is 0 Å². The Balaban J connectivity index is 1.89. The average Bonchev–Trinajstić information content (AvgIpc) is 2.89. The zero-order chi connectivity index (χ0) is 18.1. The van der Waals surface area contributed by atoms with E-state index in [9.17, 15) is 18.7 Å². The molecule has 1 unspecified atom stereocenters. The number of nitrogens with zero attached hydrogens (tertiary/aromatic N) is 3. The van der Waals surface area contributed by atoms with Crippen LogP contribution in [0.5, 0.6) is 0 Å². The normalized spacial score (nSPS) is 12.2. The Morgan fingerprint density at radius 2 is 2.04 bits per heavy atom. The summed E-state index contributed by atoms with van der Waals surface area (Å²) >= 11 is 5.83. The van der Waals surface area contributed by atoms with Gasteiger partial charge in [0, 0.05) is 6.07 Å². The molecule has 3 aromatic rings. The number of urea groups is 1. The van der Waals surface area contributed by atoms with Gasteiger partial charge >= 0.3 is 6.03 Å². The van der Waals surface area contributed by atoms with Gasteiger partial charge in [0.05, 0.1) is 35.4 Å². The molecule has 0 aliphatic carbocycles. The van der Waals surface area contributed by atoms with Gasteiger partial charge in [-0.2, -0.15) is 5.10 Å². The summed E-state index contributed by atoms with van der Waals surface area (Å²) in [5.74, 6) is -1.68. The molecule has 130 valence electrons. The van der Waals surface area contributed by atoms with Gasteiger partial charge in [0.15, 0.2) is 5.65 Å². The Hall–Kier alpha value is -2.78. The molecule has 3 rings (SSSR count). The summed E-state index contributed by atoms with van der Waals surface area (Å²) in [4.78, 5) is 16.1. The van der Waals surface area contributed by atoms with Crippen LogP contribution in [0.15, 0.2) is 30.6 Å². The van der Waals surface area contributed by atoms with E-state index in [0.717, 1.165) is 12.1 Å². The topological polar surface area (TPSA) is 91.5 Å². The number of anilines is 2. The molecule has 2 heterocycles. The molecule has 10 heteroatoms. The Morgan fingerprint density at radius 3 is 2.72 bits per heavy atom. The van der Waals surface area contributed by atoms with Crippen LogP contribution in [0.25, 0.3) is 5.65 Å². The monoisotopic (exact) mass is 367 g/mol. The fourth-order valence-corrected chi connectivity index (χ4v) is 2.48. The first-order chi connectivity index (χ1) is 11.8. The molecular formula is C15H12ClF2N5O2. The smallest absolute Gasteiger partial charge is 0.323 e. The number of hydrogen-bond acceptors (Lipinski definition) is 4. The van der Waals surface area contributed by atoms with Crippen molar-refractivity contribution in [3.05, 3.63) is 52.9 Å². The molecule has 0 aliphatic heterocycles. The number of benzene rings is 1. The molecule has 0 saturated carbocycles. The molecule has 2 amide bonds. The van der Waals surface area contributed by atoms with Crippen LogP contribution >= 0.6 is 11.6 Å². The molecule has 0 bridgehead atoms. The van der Waals surface area contributed by atoms with E-state index in [-0.39, 0.29) is 27.7 Å². The van der Waals surface area contributed by atoms with Crippen molar-refractivity contribution in [2.45, 2.75) is 13.0 Å². The minimum Gasteiger partial charge on any atom is -0.388 e. The fourth-order valence-electron chi connectivity index (χ4n) is 2.30. The summed E-state index contributed by atoms with van der Waals surface area (Å²) in [5, 5.41) is 18.9. The zero-order valence-electron chi connectivity index (χ0n) is 12.8. The second-order valence-corrected chi connectivity index (χ2v) is 5.57. The summed E-state index contributed by atoms with van der Waals surface area (Å²) < 4.78 is 27.9. The Bertz CT molecular complexity index is 960. The van der Waals surface area contributed by atoms with Gasteiger partial charge in [-0.05, 0) is 19.1 Å². The number of carbonyl (C=O) groups is 1. The predicted molar refractivity (Wildman–Crippen MR) is 87.6 cm³/mol. The second-order valence-electron chi connectivity index (χ2n) is 5.18. The first-order valence-corrected chi connectivity index (χ1v) is 7.48. The minimum absolute atomic E-state index is 0.171. The van der Waals surface area contributed by atoms with Crippen LogP contribution in [0.1, 0.15) is 18.6 Å². The van der Waals surface area contributed by atoms with Gasteiger partial charge in [0.25, 0.3) is 0 Å². The van der Waals surface area contributed by atoms with Crippen molar-refractivity contribution in [3.63, 3.8) is 0 Å². The van der Waals surface area contributed by atoms with Crippen molar-refractivity contribution in [1.82, 2.24) is 14.6 Å². The first-order valence-electron chi connectivity index (χ1n) is 7.10. The molecule has 1 aromatic carbocycles. The molecular weight excluding hydrogens is 356 g/mol. The highest BCUT2D eigenvalue weighted by molar-refractivity contribution is 6.29. The van der Waals surface area contributed by atoms with Crippen LogP contribution in [-0.4, -0.2) is 25.7 Å². The maximum atomic E-state index is 13.6. The number of hydrogen-bond donors (Lipinski definition) is 3. The third-order valence-electron chi connectivity index (χ3n) is 3.35. The first kappa shape index (κ1) is 17.1. The Morgan fingerprint density at radius 1 is 1.32 bits per heavy atom. The lowest BCUT2D eigenvalue weighted by Gasteiger charge is -2.14. The van der Waals surface area contributed by atoms with E-state index in [1.165, 1.54) is 23.8 Å². The average molecular weight is 368 g/mol. The van der Waals surface area contributed by atoms with Gasteiger partial charge in [-0.25, -0.2) is 23.1 Å². The standard InChI is InChI=1S/C15H12ClF2N5O2/c1-7(24)13-11(5-19-23-6-12(16)22-14(13)23)21-15(25)20-10-3-2-8(17)4-9(10)18/h2-7,24H,1H3,(H2,20,21,25). The molecule has 25 heavy (non-hydrogen) atoms. The lowest BCUT2D eigenvalue weighted by molar-refractivity contribution is 0.200. The van der Waals surface area contributed by atoms with Crippen molar-refractivity contribution in [1.29, 1.82) is 0 Å². The van der Waals surface area contributed by atoms with Gasteiger partial charge in [-0.1, -0.05) is 11.6 Å². The number of fused-ring (bicyclic) bond motifs is 1. The molecule has 0 radical (unpaired) electrons. The van der Waals surface area contributed by atoms with E-state index >= 15 is 0 Å². The third kappa shape index (κ3) is 3.52. The number of aromatic nitrogens is 3. The third-order valence-corrected chi connectivity index (χ3v) is 3.53. The Labute approximate surface area is 145 Å².